The Morgan fingerprint density at radius 2 is 1.88 bits per heavy atom. The van der Waals surface area contributed by atoms with Crippen molar-refractivity contribution in [1.82, 2.24) is 10.6 Å². The highest BCUT2D eigenvalue weighted by atomic mass is 16.5. The Labute approximate surface area is 155 Å². The number of ether oxygens (including phenoxy) is 2. The zero-order valence-corrected chi connectivity index (χ0v) is 15.5. The van der Waals surface area contributed by atoms with Crippen molar-refractivity contribution < 1.29 is 9.47 Å². The van der Waals surface area contributed by atoms with Gasteiger partial charge in [-0.15, -0.1) is 0 Å². The highest BCUT2D eigenvalue weighted by Crippen LogP contribution is 2.30. The Bertz CT molecular complexity index is 742. The van der Waals surface area contributed by atoms with Gasteiger partial charge in [-0.05, 0) is 42.5 Å². The van der Waals surface area contributed by atoms with Gasteiger partial charge in [0.1, 0.15) is 11.5 Å². The molecule has 26 heavy (non-hydrogen) atoms. The minimum atomic E-state index is 0.665. The highest BCUT2D eigenvalue weighted by molar-refractivity contribution is 5.79. The van der Waals surface area contributed by atoms with E-state index in [4.69, 9.17) is 9.47 Å². The van der Waals surface area contributed by atoms with Crippen LogP contribution in [0.2, 0.25) is 0 Å². The number of nitrogens with one attached hydrogen (secondary N) is 2. The second-order valence-electron chi connectivity index (χ2n) is 6.49. The van der Waals surface area contributed by atoms with Gasteiger partial charge in [0.15, 0.2) is 5.96 Å². The first-order valence-corrected chi connectivity index (χ1v) is 9.06. The molecule has 1 aliphatic rings. The van der Waals surface area contributed by atoms with Gasteiger partial charge in [0.05, 0.1) is 13.7 Å². The van der Waals surface area contributed by atoms with Crippen molar-refractivity contribution in [2.45, 2.75) is 25.9 Å². The Balaban J connectivity index is 1.52. The normalized spacial score (nSPS) is 14.0. The number of hydrogen-bond acceptors (Lipinski definition) is 3. The number of para-hydroxylation sites is 1. The minimum absolute atomic E-state index is 0.665. The number of benzene rings is 2. The van der Waals surface area contributed by atoms with Crippen molar-refractivity contribution >= 4 is 5.96 Å². The van der Waals surface area contributed by atoms with Crippen LogP contribution >= 0.6 is 0 Å². The molecule has 1 saturated carbocycles. The van der Waals surface area contributed by atoms with Gasteiger partial charge in [-0.2, -0.15) is 0 Å². The molecule has 2 N–H and O–H groups in total. The van der Waals surface area contributed by atoms with Crippen LogP contribution in [-0.4, -0.2) is 26.7 Å². The Morgan fingerprint density at radius 1 is 1.08 bits per heavy atom. The van der Waals surface area contributed by atoms with Crippen LogP contribution in [0.25, 0.3) is 0 Å². The SMILES string of the molecule is CN=C(NCc1cccc(OC)c1)NCc1ccccc1OCC1CC1. The van der Waals surface area contributed by atoms with Crippen LogP contribution in [0, 0.1) is 5.92 Å². The number of nitrogens with zero attached hydrogens (tertiary/aromatic N) is 1. The maximum Gasteiger partial charge on any atom is 0.191 e. The quantitative estimate of drug-likeness (QED) is 0.564. The lowest BCUT2D eigenvalue weighted by atomic mass is 10.2. The first-order chi connectivity index (χ1) is 12.8. The molecule has 0 unspecified atom stereocenters. The van der Waals surface area contributed by atoms with Crippen molar-refractivity contribution in [2.75, 3.05) is 20.8 Å². The molecule has 5 heteroatoms. The molecule has 2 aromatic rings. The lowest BCUT2D eigenvalue weighted by Gasteiger charge is -2.15. The largest absolute Gasteiger partial charge is 0.497 e. The van der Waals surface area contributed by atoms with E-state index in [0.29, 0.717) is 13.1 Å². The number of guanidine groups is 1. The maximum absolute atomic E-state index is 5.97. The van der Waals surface area contributed by atoms with Gasteiger partial charge < -0.3 is 20.1 Å². The summed E-state index contributed by atoms with van der Waals surface area (Å²) in [4.78, 5) is 4.30. The summed E-state index contributed by atoms with van der Waals surface area (Å²) in [6.45, 7) is 2.16. The second kappa shape index (κ2) is 9.13. The van der Waals surface area contributed by atoms with Gasteiger partial charge in [0.2, 0.25) is 0 Å². The van der Waals surface area contributed by atoms with E-state index >= 15 is 0 Å². The lowest BCUT2D eigenvalue weighted by Crippen LogP contribution is -2.36. The summed E-state index contributed by atoms with van der Waals surface area (Å²) in [5.74, 6) is 3.31. The third kappa shape index (κ3) is 5.41. The lowest BCUT2D eigenvalue weighted by molar-refractivity contribution is 0.296. The molecule has 138 valence electrons. The number of hydrogen-bond donors (Lipinski definition) is 2. The van der Waals surface area contributed by atoms with E-state index in [-0.39, 0.29) is 0 Å². The average Bonchev–Trinajstić information content (AvgIpc) is 3.52. The van der Waals surface area contributed by atoms with Gasteiger partial charge in [-0.25, -0.2) is 0 Å². The summed E-state index contributed by atoms with van der Waals surface area (Å²) in [6.07, 6.45) is 2.59. The third-order valence-corrected chi connectivity index (χ3v) is 4.41. The van der Waals surface area contributed by atoms with Crippen molar-refractivity contribution in [2.24, 2.45) is 10.9 Å². The van der Waals surface area contributed by atoms with E-state index in [1.807, 2.05) is 36.4 Å². The average molecular weight is 353 g/mol. The summed E-state index contributed by atoms with van der Waals surface area (Å²) in [7, 11) is 3.45. The van der Waals surface area contributed by atoms with E-state index < -0.39 is 0 Å². The van der Waals surface area contributed by atoms with Crippen LogP contribution in [0.4, 0.5) is 0 Å². The van der Waals surface area contributed by atoms with E-state index in [2.05, 4.69) is 27.8 Å². The Kier molecular flexibility index (Phi) is 6.36. The molecule has 1 aliphatic carbocycles. The maximum atomic E-state index is 5.97. The number of rotatable bonds is 8. The minimum Gasteiger partial charge on any atom is -0.497 e. The van der Waals surface area contributed by atoms with E-state index in [1.54, 1.807) is 14.2 Å². The number of aliphatic imine (C=N–C) groups is 1. The van der Waals surface area contributed by atoms with Gasteiger partial charge in [0.25, 0.3) is 0 Å². The summed E-state index contributed by atoms with van der Waals surface area (Å²) in [5, 5.41) is 6.69. The Morgan fingerprint density at radius 3 is 2.65 bits per heavy atom. The smallest absolute Gasteiger partial charge is 0.191 e. The zero-order valence-electron chi connectivity index (χ0n) is 15.5. The molecule has 0 aromatic heterocycles. The molecule has 0 aliphatic heterocycles. The second-order valence-corrected chi connectivity index (χ2v) is 6.49. The van der Waals surface area contributed by atoms with Crippen LogP contribution in [0.5, 0.6) is 11.5 Å². The fourth-order valence-electron chi connectivity index (χ4n) is 2.65. The monoisotopic (exact) mass is 353 g/mol. The fraction of sp³-hybridized carbons (Fsp3) is 0.381. The van der Waals surface area contributed by atoms with E-state index in [1.165, 1.54) is 12.8 Å². The van der Waals surface area contributed by atoms with E-state index in [0.717, 1.165) is 41.1 Å². The first kappa shape index (κ1) is 18.1. The molecule has 0 saturated heterocycles. The molecule has 2 aromatic carbocycles. The predicted octanol–water partition coefficient (Wildman–Crippen LogP) is 3.35. The molecule has 5 nitrogen and oxygen atoms in total. The molecule has 0 radical (unpaired) electrons. The summed E-state index contributed by atoms with van der Waals surface area (Å²) < 4.78 is 11.2. The van der Waals surface area contributed by atoms with Crippen molar-refractivity contribution in [3.05, 3.63) is 59.7 Å². The standard InChI is InChI=1S/C21H27N3O2/c1-22-21(23-13-17-6-5-8-19(12-17)25-2)24-14-18-7-3-4-9-20(18)26-15-16-10-11-16/h3-9,12,16H,10-11,13-15H2,1-2H3,(H2,22,23,24). The summed E-state index contributed by atoms with van der Waals surface area (Å²) in [5.41, 5.74) is 2.28. The molecule has 3 rings (SSSR count). The van der Waals surface area contributed by atoms with Crippen LogP contribution in [0.1, 0.15) is 24.0 Å². The van der Waals surface area contributed by atoms with Crippen LogP contribution in [-0.2, 0) is 13.1 Å². The van der Waals surface area contributed by atoms with Gasteiger partial charge >= 0.3 is 0 Å². The predicted molar refractivity (Wildman–Crippen MR) is 105 cm³/mol. The van der Waals surface area contributed by atoms with Crippen LogP contribution in [0.15, 0.2) is 53.5 Å². The highest BCUT2D eigenvalue weighted by Gasteiger charge is 2.22. The molecule has 0 spiro atoms. The van der Waals surface area contributed by atoms with Crippen molar-refractivity contribution in [1.29, 1.82) is 0 Å². The molecule has 0 atom stereocenters. The summed E-state index contributed by atoms with van der Waals surface area (Å²) >= 11 is 0. The van der Waals surface area contributed by atoms with Crippen LogP contribution < -0.4 is 20.1 Å². The first-order valence-electron chi connectivity index (χ1n) is 9.06. The Hall–Kier alpha value is -2.69. The summed E-state index contributed by atoms with van der Waals surface area (Å²) in [6, 6.07) is 16.2. The molecular formula is C21H27N3O2. The van der Waals surface area contributed by atoms with Crippen molar-refractivity contribution in [3.63, 3.8) is 0 Å². The third-order valence-electron chi connectivity index (χ3n) is 4.41. The molecular weight excluding hydrogens is 326 g/mol. The zero-order chi connectivity index (χ0) is 18.2. The van der Waals surface area contributed by atoms with E-state index in [9.17, 15) is 0 Å². The molecule has 0 amide bonds. The number of methoxy groups -OCH3 is 1. The molecule has 1 fully saturated rings. The van der Waals surface area contributed by atoms with Gasteiger partial charge in [0, 0.05) is 25.7 Å². The van der Waals surface area contributed by atoms with Crippen molar-refractivity contribution in [3.8, 4) is 11.5 Å². The van der Waals surface area contributed by atoms with Gasteiger partial charge in [-0.1, -0.05) is 30.3 Å². The molecule has 0 heterocycles. The fourth-order valence-corrected chi connectivity index (χ4v) is 2.65. The molecule has 0 bridgehead atoms. The topological polar surface area (TPSA) is 54.9 Å². The van der Waals surface area contributed by atoms with Crippen LogP contribution in [0.3, 0.4) is 0 Å². The van der Waals surface area contributed by atoms with Gasteiger partial charge in [-0.3, -0.25) is 4.99 Å².